The molecule has 0 unspecified atom stereocenters. The molecule has 0 N–H and O–H groups in total. The molecule has 0 rings (SSSR count). The number of allylic oxidation sites excluding steroid dienone is 1. The van der Waals surface area contributed by atoms with E-state index in [1.165, 1.54) is 5.70 Å². The van der Waals surface area contributed by atoms with Crippen molar-refractivity contribution in [1.29, 1.82) is 0 Å². The van der Waals surface area contributed by atoms with Crippen LogP contribution < -0.4 is 0 Å². The van der Waals surface area contributed by atoms with Gasteiger partial charge in [-0.1, -0.05) is 0 Å². The molecule has 0 saturated heterocycles. The fourth-order valence-corrected chi connectivity index (χ4v) is 1.40. The molecule has 0 aromatic carbocycles. The molecule has 0 aliphatic heterocycles. The van der Waals surface area contributed by atoms with E-state index in [0.29, 0.717) is 6.61 Å². The van der Waals surface area contributed by atoms with Gasteiger partial charge in [0.2, 0.25) is 0 Å². The first-order valence-corrected chi connectivity index (χ1v) is 6.32. The quantitative estimate of drug-likeness (QED) is 0.530. The third kappa shape index (κ3) is 44.9. The zero-order valence-corrected chi connectivity index (χ0v) is 14.8. The van der Waals surface area contributed by atoms with E-state index >= 15 is 0 Å². The third-order valence-corrected chi connectivity index (χ3v) is 2.02. The van der Waals surface area contributed by atoms with E-state index in [-0.39, 0.29) is 0 Å². The second-order valence-corrected chi connectivity index (χ2v) is 3.66. The van der Waals surface area contributed by atoms with E-state index in [1.54, 1.807) is 0 Å². The van der Waals surface area contributed by atoms with Crippen LogP contribution in [0.5, 0.6) is 0 Å². The third-order valence-electron chi connectivity index (χ3n) is 1.65. The normalized spacial score (nSPS) is 6.96. The Morgan fingerprint density at radius 3 is 1.48 bits per heavy atom. The molecule has 0 aliphatic rings. The molecule has 0 aromatic rings. The van der Waals surface area contributed by atoms with Crippen LogP contribution in [0.4, 0.5) is 0 Å². The van der Waals surface area contributed by atoms with E-state index in [1.807, 2.05) is 6.92 Å². The van der Waals surface area contributed by atoms with Crippen LogP contribution in [0.2, 0.25) is 0 Å². The van der Waals surface area contributed by atoms with Crippen LogP contribution in [-0.2, 0) is 43.8 Å². The Hall–Kier alpha value is -1.40. The number of hydrogen-bond donors (Lipinski definition) is 0. The second kappa shape index (κ2) is 49.8. The molecule has 0 spiro atoms. The first kappa shape index (κ1) is 37.7. The molecule has 7 nitrogen and oxygen atoms in total. The van der Waals surface area contributed by atoms with Gasteiger partial charge in [-0.3, -0.25) is 0 Å². The summed E-state index contributed by atoms with van der Waals surface area (Å²) in [7, 11) is 4.11. The maximum absolute atomic E-state index is 7.50. The monoisotopic (exact) mass is 361 g/mol. The van der Waals surface area contributed by atoms with Gasteiger partial charge in [0, 0.05) is 0 Å². The zero-order chi connectivity index (χ0) is 20.3. The van der Waals surface area contributed by atoms with E-state index in [4.69, 9.17) is 28.0 Å². The van der Waals surface area contributed by atoms with Crippen LogP contribution in [0.1, 0.15) is 26.7 Å². The van der Waals surface area contributed by atoms with Gasteiger partial charge in [-0.05, 0) is 0 Å². The first-order valence-electron chi connectivity index (χ1n) is 5.68. The molecule has 0 amide bonds. The summed E-state index contributed by atoms with van der Waals surface area (Å²) in [6, 6.07) is 0. The standard InChI is InChI=1S/C10H19NO.5CO.Cr/c1-5-7-10(11(3)4)8-9-12-6-2;5*1-2;/h8H,5-7H2,1-4H3;;;;;;/b10-8+;;;;;;. The van der Waals surface area contributed by atoms with Crippen molar-refractivity contribution >= 4 is 4.57 Å². The van der Waals surface area contributed by atoms with Gasteiger partial charge in [0.05, 0.1) is 0 Å². The summed E-state index contributed by atoms with van der Waals surface area (Å²) >= 11 is 2.91. The van der Waals surface area contributed by atoms with E-state index in [2.05, 4.69) is 81.1 Å². The number of hydrogen-bond acceptors (Lipinski definition) is 2. The number of rotatable bonds is 6. The fourth-order valence-electron chi connectivity index (χ4n) is 1.00. The maximum atomic E-state index is 7.50. The summed E-state index contributed by atoms with van der Waals surface area (Å²) in [6.07, 6.45) is 4.31. The van der Waals surface area contributed by atoms with Gasteiger partial charge in [0.25, 0.3) is 0 Å². The van der Waals surface area contributed by atoms with Gasteiger partial charge in [-0.15, -0.1) is 0 Å². The van der Waals surface area contributed by atoms with Gasteiger partial charge in [0.1, 0.15) is 0 Å². The van der Waals surface area contributed by atoms with Gasteiger partial charge >= 0.3 is 146 Å². The summed E-state index contributed by atoms with van der Waals surface area (Å²) in [5.74, 6) is 0. The minimum absolute atomic E-state index is 0.714. The summed E-state index contributed by atoms with van der Waals surface area (Å²) in [5, 5.41) is 0. The molecule has 126 valence electrons. The van der Waals surface area contributed by atoms with Crippen molar-refractivity contribution in [3.05, 3.63) is 45.0 Å². The SMILES string of the molecule is CCC/C(=C\[C](=[Cr])OCC)N(C)C.[C-]#[O+].[C-]#[O+].[C-]#[O+].[C-]#[O+].[C-]#[O+]. The molecular formula is C15H19CrNO6. The van der Waals surface area contributed by atoms with Crippen LogP contribution in [0, 0.1) is 33.3 Å². The molecule has 0 aliphatic carbocycles. The van der Waals surface area contributed by atoms with Crippen molar-refractivity contribution in [2.24, 2.45) is 0 Å². The Morgan fingerprint density at radius 1 is 0.913 bits per heavy atom. The molecule has 0 aromatic heterocycles. The van der Waals surface area contributed by atoms with Crippen molar-refractivity contribution in [2.75, 3.05) is 20.7 Å². The average Bonchev–Trinajstić information content (AvgIpc) is 2.63. The van der Waals surface area contributed by atoms with Gasteiger partial charge < -0.3 is 0 Å². The van der Waals surface area contributed by atoms with Crippen molar-refractivity contribution in [3.63, 3.8) is 0 Å². The Morgan fingerprint density at radius 2 is 1.26 bits per heavy atom. The van der Waals surface area contributed by atoms with Crippen molar-refractivity contribution in [1.82, 2.24) is 4.90 Å². The van der Waals surface area contributed by atoms with Crippen LogP contribution in [0.25, 0.3) is 0 Å². The summed E-state index contributed by atoms with van der Waals surface area (Å²) in [5.41, 5.74) is 1.30. The fraction of sp³-hybridized carbons (Fsp3) is 0.467. The molecule has 23 heavy (non-hydrogen) atoms. The zero-order valence-electron chi connectivity index (χ0n) is 13.5. The van der Waals surface area contributed by atoms with E-state index in [9.17, 15) is 0 Å². The van der Waals surface area contributed by atoms with Crippen LogP contribution >= 0.6 is 0 Å². The van der Waals surface area contributed by atoms with Gasteiger partial charge in [-0.25, -0.2) is 0 Å². The van der Waals surface area contributed by atoms with Gasteiger partial charge in [0.15, 0.2) is 0 Å². The molecular weight excluding hydrogens is 342 g/mol. The second-order valence-electron chi connectivity index (χ2n) is 3.03. The molecule has 0 heterocycles. The Labute approximate surface area is 146 Å². The predicted octanol–water partition coefficient (Wildman–Crippen LogP) is 1.76. The first-order chi connectivity index (χ1) is 11.1. The van der Waals surface area contributed by atoms with E-state index in [0.717, 1.165) is 17.4 Å². The number of ether oxygens (including phenoxy) is 1. The minimum atomic E-state index is 0.714. The average molecular weight is 361 g/mol. The molecule has 0 radical (unpaired) electrons. The predicted molar refractivity (Wildman–Crippen MR) is 73.0 cm³/mol. The summed E-state index contributed by atoms with van der Waals surface area (Å²) < 4.78 is 43.7. The van der Waals surface area contributed by atoms with Crippen molar-refractivity contribution < 1.29 is 43.8 Å². The summed E-state index contributed by atoms with van der Waals surface area (Å²) in [4.78, 5) is 2.12. The Kier molecular flexibility index (Phi) is 81.6. The molecule has 8 heteroatoms. The van der Waals surface area contributed by atoms with Crippen molar-refractivity contribution in [2.45, 2.75) is 26.7 Å². The molecule has 0 saturated carbocycles. The molecule has 0 atom stereocenters. The van der Waals surface area contributed by atoms with Crippen LogP contribution in [0.15, 0.2) is 11.8 Å². The Bertz CT molecular complexity index is 332. The molecule has 0 fully saturated rings. The van der Waals surface area contributed by atoms with Crippen LogP contribution in [-0.4, -0.2) is 30.2 Å². The van der Waals surface area contributed by atoms with Gasteiger partial charge in [-0.2, -0.15) is 0 Å². The van der Waals surface area contributed by atoms with Crippen molar-refractivity contribution in [3.8, 4) is 0 Å². The number of nitrogens with zero attached hydrogens (tertiary/aromatic N) is 1. The summed E-state index contributed by atoms with van der Waals surface area (Å²) in [6.45, 7) is 27.4. The van der Waals surface area contributed by atoms with Crippen LogP contribution in [0.3, 0.4) is 0 Å². The van der Waals surface area contributed by atoms with E-state index < -0.39 is 0 Å². The topological polar surface area (TPSA) is 112 Å². The Balaban J connectivity index is -0.0000000611. The molecule has 0 bridgehead atoms.